The van der Waals surface area contributed by atoms with Crippen LogP contribution in [0.3, 0.4) is 0 Å². The predicted molar refractivity (Wildman–Crippen MR) is 56.5 cm³/mol. The van der Waals surface area contributed by atoms with Crippen molar-refractivity contribution < 1.29 is 17.6 Å². The van der Waals surface area contributed by atoms with Crippen molar-refractivity contribution in [2.24, 2.45) is 5.73 Å². The summed E-state index contributed by atoms with van der Waals surface area (Å²) < 4.78 is 50.1. The van der Waals surface area contributed by atoms with Crippen molar-refractivity contribution in [3.63, 3.8) is 0 Å². The molecule has 0 aliphatic rings. The van der Waals surface area contributed by atoms with Crippen molar-refractivity contribution in [3.05, 3.63) is 35.1 Å². The maximum absolute atomic E-state index is 12.9. The highest BCUT2D eigenvalue weighted by Crippen LogP contribution is 2.31. The number of nitrogens with two attached hydrogens (primary N) is 1. The van der Waals surface area contributed by atoms with Crippen molar-refractivity contribution in [3.8, 4) is 11.8 Å². The molecular formula is C12H11F4N. The minimum atomic E-state index is -4.72. The fourth-order valence-electron chi connectivity index (χ4n) is 1.05. The molecule has 0 saturated carbocycles. The molecule has 0 bridgehead atoms. The third-order valence-electron chi connectivity index (χ3n) is 1.80. The number of hydrogen-bond acceptors (Lipinski definition) is 1. The molecule has 0 spiro atoms. The van der Waals surface area contributed by atoms with E-state index in [2.05, 4.69) is 11.8 Å². The van der Waals surface area contributed by atoms with Gasteiger partial charge in [-0.3, -0.25) is 0 Å². The molecule has 1 rings (SSSR count). The molecule has 0 fully saturated rings. The zero-order valence-electron chi connectivity index (χ0n) is 9.32. The molecule has 1 nitrogen and oxygen atoms in total. The Morgan fingerprint density at radius 2 is 1.76 bits per heavy atom. The molecule has 5 heteroatoms. The van der Waals surface area contributed by atoms with Crippen LogP contribution in [0.1, 0.15) is 25.0 Å². The average molecular weight is 245 g/mol. The summed E-state index contributed by atoms with van der Waals surface area (Å²) in [6.45, 7) is 3.24. The molecule has 2 N–H and O–H groups in total. The molecule has 0 aliphatic heterocycles. The minimum absolute atomic E-state index is 0.0808. The zero-order valence-corrected chi connectivity index (χ0v) is 9.32. The van der Waals surface area contributed by atoms with Gasteiger partial charge < -0.3 is 5.73 Å². The van der Waals surface area contributed by atoms with E-state index >= 15 is 0 Å². The van der Waals surface area contributed by atoms with Gasteiger partial charge in [0.1, 0.15) is 5.82 Å². The van der Waals surface area contributed by atoms with Crippen LogP contribution < -0.4 is 5.73 Å². The van der Waals surface area contributed by atoms with Crippen LogP contribution in [0.25, 0.3) is 0 Å². The fraction of sp³-hybridized carbons (Fsp3) is 0.333. The van der Waals surface area contributed by atoms with Crippen LogP contribution >= 0.6 is 0 Å². The van der Waals surface area contributed by atoms with Crippen LogP contribution in [0.4, 0.5) is 17.6 Å². The Morgan fingerprint density at radius 3 is 2.24 bits per heavy atom. The lowest BCUT2D eigenvalue weighted by atomic mass is 10.1. The van der Waals surface area contributed by atoms with E-state index < -0.39 is 23.1 Å². The van der Waals surface area contributed by atoms with E-state index in [4.69, 9.17) is 5.73 Å². The van der Waals surface area contributed by atoms with Gasteiger partial charge in [0.05, 0.1) is 11.1 Å². The molecule has 0 heterocycles. The highest BCUT2D eigenvalue weighted by Gasteiger charge is 2.34. The number of halogens is 4. The van der Waals surface area contributed by atoms with Crippen molar-refractivity contribution in [2.75, 3.05) is 0 Å². The standard InChI is InChI=1S/C12H11F4N/c1-11(2,17)6-5-8-3-4-10(13)9(7-8)12(14,15)16/h3-4,7H,17H2,1-2H3. The highest BCUT2D eigenvalue weighted by atomic mass is 19.4. The summed E-state index contributed by atoms with van der Waals surface area (Å²) in [5.74, 6) is 3.75. The van der Waals surface area contributed by atoms with Crippen molar-refractivity contribution in [2.45, 2.75) is 25.6 Å². The number of benzene rings is 1. The maximum atomic E-state index is 12.9. The fourth-order valence-corrected chi connectivity index (χ4v) is 1.05. The van der Waals surface area contributed by atoms with Crippen LogP contribution in [0.2, 0.25) is 0 Å². The number of hydrogen-bond donors (Lipinski definition) is 1. The number of alkyl halides is 3. The third kappa shape index (κ3) is 4.08. The summed E-state index contributed by atoms with van der Waals surface area (Å²) in [5.41, 5.74) is 3.51. The molecule has 1 aromatic rings. The van der Waals surface area contributed by atoms with Gasteiger partial charge in [-0.15, -0.1) is 0 Å². The van der Waals surface area contributed by atoms with Gasteiger partial charge in [-0.1, -0.05) is 11.8 Å². The average Bonchev–Trinajstić information content (AvgIpc) is 2.13. The molecule has 17 heavy (non-hydrogen) atoms. The quantitative estimate of drug-likeness (QED) is 0.552. The van der Waals surface area contributed by atoms with E-state index in [1.165, 1.54) is 6.07 Å². The third-order valence-corrected chi connectivity index (χ3v) is 1.80. The SMILES string of the molecule is CC(C)(N)C#Cc1ccc(F)c(C(F)(F)F)c1. The largest absolute Gasteiger partial charge is 0.419 e. The first-order valence-corrected chi connectivity index (χ1v) is 4.78. The summed E-state index contributed by atoms with van der Waals surface area (Å²) in [5, 5.41) is 0. The highest BCUT2D eigenvalue weighted by molar-refractivity contribution is 5.40. The monoisotopic (exact) mass is 245 g/mol. The van der Waals surface area contributed by atoms with E-state index in [1.54, 1.807) is 13.8 Å². The van der Waals surface area contributed by atoms with E-state index in [1.807, 2.05) is 0 Å². The summed E-state index contributed by atoms with van der Waals surface area (Å²) in [7, 11) is 0. The summed E-state index contributed by atoms with van der Waals surface area (Å²) >= 11 is 0. The Labute approximate surface area is 96.6 Å². The second kappa shape index (κ2) is 4.38. The van der Waals surface area contributed by atoms with E-state index in [-0.39, 0.29) is 5.56 Å². The van der Waals surface area contributed by atoms with Gasteiger partial charge in [0.15, 0.2) is 0 Å². The Morgan fingerprint density at radius 1 is 1.18 bits per heavy atom. The molecule has 0 aromatic heterocycles. The molecule has 0 unspecified atom stereocenters. The lowest BCUT2D eigenvalue weighted by Gasteiger charge is -2.09. The van der Waals surface area contributed by atoms with Crippen LogP contribution in [0.15, 0.2) is 18.2 Å². The minimum Gasteiger partial charge on any atom is -0.316 e. The van der Waals surface area contributed by atoms with Crippen LogP contribution in [0.5, 0.6) is 0 Å². The van der Waals surface area contributed by atoms with Crippen LogP contribution in [-0.2, 0) is 6.18 Å². The van der Waals surface area contributed by atoms with Gasteiger partial charge in [-0.05, 0) is 32.0 Å². The maximum Gasteiger partial charge on any atom is 0.419 e. The first-order chi connectivity index (χ1) is 7.59. The van der Waals surface area contributed by atoms with Gasteiger partial charge in [0, 0.05) is 5.56 Å². The second-order valence-corrected chi connectivity index (χ2v) is 4.16. The van der Waals surface area contributed by atoms with E-state index in [0.717, 1.165) is 6.07 Å². The van der Waals surface area contributed by atoms with Crippen LogP contribution in [-0.4, -0.2) is 5.54 Å². The van der Waals surface area contributed by atoms with Crippen molar-refractivity contribution >= 4 is 0 Å². The van der Waals surface area contributed by atoms with E-state index in [9.17, 15) is 17.6 Å². The molecule has 0 atom stereocenters. The Balaban J connectivity index is 3.17. The lowest BCUT2D eigenvalue weighted by Crippen LogP contribution is -2.29. The summed E-state index contributed by atoms with van der Waals surface area (Å²) in [6.07, 6.45) is -4.72. The molecule has 0 amide bonds. The number of rotatable bonds is 0. The first kappa shape index (κ1) is 13.5. The smallest absolute Gasteiger partial charge is 0.316 e. The lowest BCUT2D eigenvalue weighted by molar-refractivity contribution is -0.140. The van der Waals surface area contributed by atoms with Crippen molar-refractivity contribution in [1.82, 2.24) is 0 Å². The van der Waals surface area contributed by atoms with Crippen molar-refractivity contribution in [1.29, 1.82) is 0 Å². The predicted octanol–water partition coefficient (Wildman–Crippen LogP) is 2.93. The van der Waals surface area contributed by atoms with Gasteiger partial charge in [-0.2, -0.15) is 13.2 Å². The van der Waals surface area contributed by atoms with Gasteiger partial charge in [-0.25, -0.2) is 4.39 Å². The topological polar surface area (TPSA) is 26.0 Å². The van der Waals surface area contributed by atoms with Gasteiger partial charge in [0.2, 0.25) is 0 Å². The summed E-state index contributed by atoms with van der Waals surface area (Å²) in [4.78, 5) is 0. The molecule has 0 saturated heterocycles. The van der Waals surface area contributed by atoms with Gasteiger partial charge >= 0.3 is 6.18 Å². The molecular weight excluding hydrogens is 234 g/mol. The Kier molecular flexibility index (Phi) is 3.48. The molecule has 0 aliphatic carbocycles. The summed E-state index contributed by atoms with van der Waals surface area (Å²) in [6, 6.07) is 2.60. The molecule has 92 valence electrons. The zero-order chi connectivity index (χ0) is 13.3. The van der Waals surface area contributed by atoms with E-state index in [0.29, 0.717) is 6.07 Å². The molecule has 1 aromatic carbocycles. The normalized spacial score (nSPS) is 11.9. The van der Waals surface area contributed by atoms with Gasteiger partial charge in [0.25, 0.3) is 0 Å². The Bertz CT molecular complexity index is 472. The first-order valence-electron chi connectivity index (χ1n) is 4.78. The van der Waals surface area contributed by atoms with Crippen LogP contribution in [0, 0.1) is 17.7 Å². The Hall–Kier alpha value is -1.54. The second-order valence-electron chi connectivity index (χ2n) is 4.16. The molecule has 0 radical (unpaired) electrons.